The Labute approximate surface area is 123 Å². The third-order valence-corrected chi connectivity index (χ3v) is 4.29. The molecule has 4 heteroatoms. The van der Waals surface area contributed by atoms with Crippen LogP contribution in [0.3, 0.4) is 0 Å². The van der Waals surface area contributed by atoms with Gasteiger partial charge in [0.05, 0.1) is 25.9 Å². The van der Waals surface area contributed by atoms with E-state index in [1.807, 2.05) is 6.07 Å². The number of hydrogen-bond donors (Lipinski definition) is 2. The van der Waals surface area contributed by atoms with Crippen molar-refractivity contribution in [1.29, 1.82) is 0 Å². The predicted molar refractivity (Wildman–Crippen MR) is 79.7 cm³/mol. The molecule has 3 N–H and O–H groups in total. The van der Waals surface area contributed by atoms with Crippen LogP contribution < -0.4 is 16.0 Å². The molecule has 0 fully saturated rings. The maximum absolute atomic E-state index is 5.81. The first-order chi connectivity index (χ1) is 10.3. The molecule has 0 radical (unpaired) electrons. The van der Waals surface area contributed by atoms with Crippen LogP contribution in [0.15, 0.2) is 36.4 Å². The molecule has 0 amide bonds. The quantitative estimate of drug-likeness (QED) is 0.669. The highest BCUT2D eigenvalue weighted by Gasteiger charge is 2.19. The first-order valence-electron chi connectivity index (χ1n) is 7.26. The minimum atomic E-state index is -0.0122. The maximum Gasteiger partial charge on any atom is 0.122 e. The molecule has 0 saturated carbocycles. The Morgan fingerprint density at radius 3 is 2.57 bits per heavy atom. The molecule has 2 heterocycles. The summed E-state index contributed by atoms with van der Waals surface area (Å²) >= 11 is 0. The molecule has 0 saturated heterocycles. The number of rotatable bonds is 3. The number of hydrazine groups is 1. The van der Waals surface area contributed by atoms with E-state index in [0.717, 1.165) is 18.8 Å². The Morgan fingerprint density at radius 2 is 1.71 bits per heavy atom. The van der Waals surface area contributed by atoms with Crippen molar-refractivity contribution in [3.8, 4) is 5.75 Å². The number of nitrogens with one attached hydrogen (secondary N) is 1. The van der Waals surface area contributed by atoms with Gasteiger partial charge in [-0.15, -0.1) is 0 Å². The van der Waals surface area contributed by atoms with Crippen LogP contribution in [-0.2, 0) is 24.4 Å². The standard InChI is InChI=1S/C17H18N2O2/c18-19-17(12-1-2-14-9-20-10-15(14)8-12)13-3-4-16-11(7-13)5-6-21-16/h1-4,7-8,17,19H,5-6,9-10,18H2. The molecule has 108 valence electrons. The van der Waals surface area contributed by atoms with Crippen molar-refractivity contribution in [1.82, 2.24) is 5.43 Å². The second kappa shape index (κ2) is 5.15. The summed E-state index contributed by atoms with van der Waals surface area (Å²) in [7, 11) is 0. The molecule has 2 aliphatic heterocycles. The van der Waals surface area contributed by atoms with Crippen molar-refractivity contribution in [2.24, 2.45) is 5.84 Å². The smallest absolute Gasteiger partial charge is 0.122 e. The normalized spacial score (nSPS) is 17.2. The van der Waals surface area contributed by atoms with Crippen molar-refractivity contribution < 1.29 is 9.47 Å². The van der Waals surface area contributed by atoms with Gasteiger partial charge in [-0.05, 0) is 33.9 Å². The van der Waals surface area contributed by atoms with Gasteiger partial charge in [-0.1, -0.05) is 30.3 Å². The molecular formula is C17H18N2O2. The predicted octanol–water partition coefficient (Wildman–Crippen LogP) is 2.20. The number of fused-ring (bicyclic) bond motifs is 2. The fraction of sp³-hybridized carbons (Fsp3) is 0.294. The summed E-state index contributed by atoms with van der Waals surface area (Å²) in [6.07, 6.45) is 0.971. The van der Waals surface area contributed by atoms with Gasteiger partial charge in [-0.3, -0.25) is 5.84 Å². The molecule has 2 aromatic rings. The van der Waals surface area contributed by atoms with Crippen LogP contribution in [0.4, 0.5) is 0 Å². The monoisotopic (exact) mass is 282 g/mol. The van der Waals surface area contributed by atoms with E-state index >= 15 is 0 Å². The largest absolute Gasteiger partial charge is 0.493 e. The number of ether oxygens (including phenoxy) is 2. The Morgan fingerprint density at radius 1 is 0.952 bits per heavy atom. The molecule has 0 spiro atoms. The van der Waals surface area contributed by atoms with Crippen molar-refractivity contribution in [2.45, 2.75) is 25.7 Å². The van der Waals surface area contributed by atoms with Crippen molar-refractivity contribution in [2.75, 3.05) is 6.61 Å². The second-order valence-corrected chi connectivity index (χ2v) is 5.59. The molecule has 1 unspecified atom stereocenters. The van der Waals surface area contributed by atoms with Gasteiger partial charge in [0.2, 0.25) is 0 Å². The van der Waals surface area contributed by atoms with Crippen molar-refractivity contribution in [3.05, 3.63) is 64.2 Å². The van der Waals surface area contributed by atoms with E-state index in [0.29, 0.717) is 13.2 Å². The summed E-state index contributed by atoms with van der Waals surface area (Å²) in [6.45, 7) is 2.18. The zero-order valence-electron chi connectivity index (χ0n) is 11.8. The van der Waals surface area contributed by atoms with Gasteiger partial charge >= 0.3 is 0 Å². The molecule has 4 nitrogen and oxygen atoms in total. The van der Waals surface area contributed by atoms with Gasteiger partial charge in [0.1, 0.15) is 5.75 Å². The van der Waals surface area contributed by atoms with Crippen molar-refractivity contribution in [3.63, 3.8) is 0 Å². The minimum absolute atomic E-state index is 0.0122. The van der Waals surface area contributed by atoms with Gasteiger partial charge in [0, 0.05) is 6.42 Å². The summed E-state index contributed by atoms with van der Waals surface area (Å²) in [5.74, 6) is 6.81. The van der Waals surface area contributed by atoms with Gasteiger partial charge in [0.25, 0.3) is 0 Å². The lowest BCUT2D eigenvalue weighted by molar-refractivity contribution is 0.134. The summed E-state index contributed by atoms with van der Waals surface area (Å²) in [6, 6.07) is 12.8. The topological polar surface area (TPSA) is 56.5 Å². The highest BCUT2D eigenvalue weighted by molar-refractivity contribution is 5.44. The molecule has 1 atom stereocenters. The minimum Gasteiger partial charge on any atom is -0.493 e. The fourth-order valence-electron chi connectivity index (χ4n) is 3.14. The van der Waals surface area contributed by atoms with Crippen LogP contribution in [0, 0.1) is 0 Å². The van der Waals surface area contributed by atoms with E-state index in [4.69, 9.17) is 15.3 Å². The molecule has 2 aliphatic rings. The van der Waals surface area contributed by atoms with Gasteiger partial charge in [0.15, 0.2) is 0 Å². The highest BCUT2D eigenvalue weighted by Crippen LogP contribution is 2.31. The Bertz CT molecular complexity index is 627. The van der Waals surface area contributed by atoms with Crippen LogP contribution in [0.2, 0.25) is 0 Å². The zero-order valence-corrected chi connectivity index (χ0v) is 11.8. The molecule has 4 rings (SSSR count). The fourth-order valence-corrected chi connectivity index (χ4v) is 3.14. The first kappa shape index (κ1) is 12.8. The van der Waals surface area contributed by atoms with E-state index < -0.39 is 0 Å². The zero-order chi connectivity index (χ0) is 14.2. The van der Waals surface area contributed by atoms with Crippen molar-refractivity contribution >= 4 is 0 Å². The second-order valence-electron chi connectivity index (χ2n) is 5.59. The summed E-state index contributed by atoms with van der Waals surface area (Å²) < 4.78 is 11.0. The van der Waals surface area contributed by atoms with Gasteiger partial charge in [-0.25, -0.2) is 5.43 Å². The number of hydrogen-bond acceptors (Lipinski definition) is 4. The molecule has 0 bridgehead atoms. The first-order valence-corrected chi connectivity index (χ1v) is 7.26. The van der Waals surface area contributed by atoms with Gasteiger partial charge < -0.3 is 9.47 Å². The summed E-state index contributed by atoms with van der Waals surface area (Å²) in [5.41, 5.74) is 9.07. The molecule has 0 aromatic heterocycles. The lowest BCUT2D eigenvalue weighted by Crippen LogP contribution is -2.29. The van der Waals surface area contributed by atoms with Crippen LogP contribution in [-0.4, -0.2) is 6.61 Å². The third-order valence-electron chi connectivity index (χ3n) is 4.29. The lowest BCUT2D eigenvalue weighted by atomic mass is 9.94. The van der Waals surface area contributed by atoms with Crippen LogP contribution in [0.5, 0.6) is 5.75 Å². The number of benzene rings is 2. The maximum atomic E-state index is 5.81. The third kappa shape index (κ3) is 2.21. The molecular weight excluding hydrogens is 264 g/mol. The van der Waals surface area contributed by atoms with E-state index in [1.54, 1.807) is 0 Å². The van der Waals surface area contributed by atoms with Crippen LogP contribution in [0.25, 0.3) is 0 Å². The molecule has 0 aliphatic carbocycles. The molecule has 2 aromatic carbocycles. The lowest BCUT2D eigenvalue weighted by Gasteiger charge is -2.18. The van der Waals surface area contributed by atoms with E-state index in [-0.39, 0.29) is 6.04 Å². The summed E-state index contributed by atoms with van der Waals surface area (Å²) in [5, 5.41) is 0. The van der Waals surface area contributed by atoms with Crippen LogP contribution in [0.1, 0.15) is 33.9 Å². The summed E-state index contributed by atoms with van der Waals surface area (Å²) in [4.78, 5) is 0. The Kier molecular flexibility index (Phi) is 3.15. The Balaban J connectivity index is 1.71. The van der Waals surface area contributed by atoms with E-state index in [2.05, 4.69) is 35.8 Å². The highest BCUT2D eigenvalue weighted by atomic mass is 16.5. The van der Waals surface area contributed by atoms with Gasteiger partial charge in [-0.2, -0.15) is 0 Å². The van der Waals surface area contributed by atoms with Crippen LogP contribution >= 0.6 is 0 Å². The van der Waals surface area contributed by atoms with E-state index in [9.17, 15) is 0 Å². The Hall–Kier alpha value is -1.88. The average molecular weight is 282 g/mol. The average Bonchev–Trinajstić information content (AvgIpc) is 3.15. The molecule has 21 heavy (non-hydrogen) atoms. The number of nitrogens with two attached hydrogens (primary N) is 1. The van der Waals surface area contributed by atoms with E-state index in [1.165, 1.54) is 27.8 Å². The SMILES string of the molecule is NNC(c1ccc2c(c1)COC2)c1ccc2c(c1)CCO2.